The maximum atomic E-state index is 2.39. The third kappa shape index (κ3) is 4.58. The molecular formula is C44H30. The molecule has 0 nitrogen and oxygen atoms in total. The Morgan fingerprint density at radius 2 is 0.545 bits per heavy atom. The molecule has 0 fully saturated rings. The molecule has 0 unspecified atom stereocenters. The first kappa shape index (κ1) is 25.9. The van der Waals surface area contributed by atoms with E-state index in [1.807, 2.05) is 0 Å². The van der Waals surface area contributed by atoms with Crippen molar-refractivity contribution >= 4 is 21.5 Å². The number of hydrogen-bond donors (Lipinski definition) is 0. The van der Waals surface area contributed by atoms with Crippen LogP contribution in [0.4, 0.5) is 0 Å². The predicted molar refractivity (Wildman–Crippen MR) is 189 cm³/mol. The van der Waals surface area contributed by atoms with E-state index in [2.05, 4.69) is 182 Å². The van der Waals surface area contributed by atoms with Crippen molar-refractivity contribution in [2.24, 2.45) is 0 Å². The summed E-state index contributed by atoms with van der Waals surface area (Å²) in [6.45, 7) is 0. The Morgan fingerprint density at radius 1 is 0.205 bits per heavy atom. The van der Waals surface area contributed by atoms with Gasteiger partial charge in [0.2, 0.25) is 0 Å². The van der Waals surface area contributed by atoms with Crippen LogP contribution in [-0.2, 0) is 0 Å². The third-order valence-corrected chi connectivity index (χ3v) is 8.69. The Hall–Kier alpha value is -5.72. The Kier molecular flexibility index (Phi) is 6.59. The highest BCUT2D eigenvalue weighted by molar-refractivity contribution is 6.21. The summed E-state index contributed by atoms with van der Waals surface area (Å²) in [6.07, 6.45) is 0. The zero-order chi connectivity index (χ0) is 29.3. The molecule has 0 heteroatoms. The first-order valence-electron chi connectivity index (χ1n) is 15.2. The van der Waals surface area contributed by atoms with Crippen molar-refractivity contribution in [3.05, 3.63) is 182 Å². The van der Waals surface area contributed by atoms with Gasteiger partial charge in [-0.15, -0.1) is 0 Å². The second-order valence-corrected chi connectivity index (χ2v) is 11.3. The number of rotatable bonds is 5. The van der Waals surface area contributed by atoms with Gasteiger partial charge in [-0.2, -0.15) is 0 Å². The summed E-state index contributed by atoms with van der Waals surface area (Å²) < 4.78 is 0. The summed E-state index contributed by atoms with van der Waals surface area (Å²) in [5.41, 5.74) is 12.4. The Bertz CT molecular complexity index is 2170. The van der Waals surface area contributed by atoms with Crippen LogP contribution in [0.2, 0.25) is 0 Å². The van der Waals surface area contributed by atoms with E-state index >= 15 is 0 Å². The minimum absolute atomic E-state index is 1.22. The van der Waals surface area contributed by atoms with Crippen LogP contribution in [-0.4, -0.2) is 0 Å². The molecule has 0 aliphatic carbocycles. The molecule has 0 N–H and O–H groups in total. The maximum absolute atomic E-state index is 2.39. The van der Waals surface area contributed by atoms with E-state index < -0.39 is 0 Å². The molecule has 8 aromatic rings. The molecule has 44 heavy (non-hydrogen) atoms. The van der Waals surface area contributed by atoms with Gasteiger partial charge in [-0.3, -0.25) is 0 Å². The predicted octanol–water partition coefficient (Wildman–Crippen LogP) is 12.3. The molecular weight excluding hydrogens is 528 g/mol. The topological polar surface area (TPSA) is 0 Å². The van der Waals surface area contributed by atoms with Crippen molar-refractivity contribution in [1.82, 2.24) is 0 Å². The molecule has 0 spiro atoms. The largest absolute Gasteiger partial charge is 0.0622 e. The monoisotopic (exact) mass is 558 g/mol. The Balaban J connectivity index is 1.37. The highest BCUT2D eigenvalue weighted by Gasteiger charge is 2.18. The van der Waals surface area contributed by atoms with Gasteiger partial charge in [-0.05, 0) is 83.2 Å². The van der Waals surface area contributed by atoms with E-state index in [0.29, 0.717) is 0 Å². The SMILES string of the molecule is c1ccc(-c2ccc(-c3c4ccccc4c(-c4ccc(-c5ccccc5)c(-c5ccccc5)c4)c4ccccc34)cc2)cc1. The summed E-state index contributed by atoms with van der Waals surface area (Å²) in [5, 5.41) is 5.06. The van der Waals surface area contributed by atoms with E-state index in [0.717, 1.165) is 0 Å². The lowest BCUT2D eigenvalue weighted by molar-refractivity contribution is 1.57. The van der Waals surface area contributed by atoms with Gasteiger partial charge in [0.25, 0.3) is 0 Å². The van der Waals surface area contributed by atoms with Crippen LogP contribution < -0.4 is 0 Å². The average molecular weight is 559 g/mol. The highest BCUT2D eigenvalue weighted by atomic mass is 14.2. The van der Waals surface area contributed by atoms with E-state index in [9.17, 15) is 0 Å². The minimum Gasteiger partial charge on any atom is -0.0622 e. The average Bonchev–Trinajstić information content (AvgIpc) is 3.11. The molecule has 0 saturated heterocycles. The number of hydrogen-bond acceptors (Lipinski definition) is 0. The molecule has 0 saturated carbocycles. The smallest absolute Gasteiger partial charge is 0.00261 e. The van der Waals surface area contributed by atoms with Crippen molar-refractivity contribution in [3.63, 3.8) is 0 Å². The van der Waals surface area contributed by atoms with Gasteiger partial charge in [0.15, 0.2) is 0 Å². The lowest BCUT2D eigenvalue weighted by Gasteiger charge is -2.19. The normalized spacial score (nSPS) is 11.2. The second-order valence-electron chi connectivity index (χ2n) is 11.3. The van der Waals surface area contributed by atoms with E-state index in [1.54, 1.807) is 0 Å². The lowest BCUT2D eigenvalue weighted by Crippen LogP contribution is -1.92. The van der Waals surface area contributed by atoms with Crippen LogP contribution in [0.15, 0.2) is 182 Å². The van der Waals surface area contributed by atoms with Gasteiger partial charge >= 0.3 is 0 Å². The van der Waals surface area contributed by atoms with Crippen molar-refractivity contribution in [1.29, 1.82) is 0 Å². The molecule has 0 atom stereocenters. The maximum Gasteiger partial charge on any atom is -0.00261 e. The summed E-state index contributed by atoms with van der Waals surface area (Å²) in [7, 11) is 0. The molecule has 0 aromatic heterocycles. The highest BCUT2D eigenvalue weighted by Crippen LogP contribution is 2.45. The summed E-state index contributed by atoms with van der Waals surface area (Å²) >= 11 is 0. The standard InChI is InChI=1S/C44H30/c1-4-14-31(15-5-1)32-24-26-35(27-25-32)43-38-20-10-12-22-40(38)44(41-23-13-11-21-39(41)43)36-28-29-37(33-16-6-2-7-17-33)42(30-36)34-18-8-3-9-19-34/h1-30H. The first-order chi connectivity index (χ1) is 21.8. The quantitative estimate of drug-likeness (QED) is 0.184. The minimum atomic E-state index is 1.22. The van der Waals surface area contributed by atoms with Crippen LogP contribution in [0, 0.1) is 0 Å². The van der Waals surface area contributed by atoms with Gasteiger partial charge in [0.05, 0.1) is 0 Å². The fourth-order valence-electron chi connectivity index (χ4n) is 6.64. The molecule has 0 radical (unpaired) electrons. The van der Waals surface area contributed by atoms with Crippen LogP contribution in [0.5, 0.6) is 0 Å². The Morgan fingerprint density at radius 3 is 1.05 bits per heavy atom. The molecule has 0 amide bonds. The molecule has 0 aliphatic rings. The van der Waals surface area contributed by atoms with Crippen molar-refractivity contribution in [2.75, 3.05) is 0 Å². The zero-order valence-corrected chi connectivity index (χ0v) is 24.3. The van der Waals surface area contributed by atoms with Crippen molar-refractivity contribution < 1.29 is 0 Å². The van der Waals surface area contributed by atoms with Gasteiger partial charge < -0.3 is 0 Å². The van der Waals surface area contributed by atoms with E-state index in [-0.39, 0.29) is 0 Å². The number of fused-ring (bicyclic) bond motifs is 2. The summed E-state index contributed by atoms with van der Waals surface area (Å²) in [6, 6.07) is 65.9. The molecule has 8 rings (SSSR count). The van der Waals surface area contributed by atoms with Gasteiger partial charge in [0, 0.05) is 0 Å². The Labute approximate surface area is 258 Å². The summed E-state index contributed by atoms with van der Waals surface area (Å²) in [4.78, 5) is 0. The van der Waals surface area contributed by atoms with Gasteiger partial charge in [-0.1, -0.05) is 176 Å². The fraction of sp³-hybridized carbons (Fsp3) is 0. The van der Waals surface area contributed by atoms with Gasteiger partial charge in [0.1, 0.15) is 0 Å². The van der Waals surface area contributed by atoms with Crippen LogP contribution >= 0.6 is 0 Å². The van der Waals surface area contributed by atoms with E-state index in [1.165, 1.54) is 77.2 Å². The molecule has 0 heterocycles. The van der Waals surface area contributed by atoms with Crippen molar-refractivity contribution in [3.8, 4) is 55.6 Å². The molecule has 8 aromatic carbocycles. The van der Waals surface area contributed by atoms with Crippen LogP contribution in [0.25, 0.3) is 77.2 Å². The van der Waals surface area contributed by atoms with E-state index in [4.69, 9.17) is 0 Å². The zero-order valence-electron chi connectivity index (χ0n) is 24.3. The fourth-order valence-corrected chi connectivity index (χ4v) is 6.64. The molecule has 0 aliphatic heterocycles. The van der Waals surface area contributed by atoms with Crippen LogP contribution in [0.1, 0.15) is 0 Å². The summed E-state index contributed by atoms with van der Waals surface area (Å²) in [5.74, 6) is 0. The van der Waals surface area contributed by atoms with Gasteiger partial charge in [-0.25, -0.2) is 0 Å². The second kappa shape index (κ2) is 11.2. The van der Waals surface area contributed by atoms with Crippen LogP contribution in [0.3, 0.4) is 0 Å². The van der Waals surface area contributed by atoms with Crippen molar-refractivity contribution in [2.45, 2.75) is 0 Å². The number of benzene rings is 8. The third-order valence-electron chi connectivity index (χ3n) is 8.69. The molecule has 0 bridgehead atoms. The molecule has 206 valence electrons. The first-order valence-corrected chi connectivity index (χ1v) is 15.2. The lowest BCUT2D eigenvalue weighted by atomic mass is 9.84.